The Hall–Kier alpha value is -0.220. The molecule has 0 aromatic carbocycles. The summed E-state index contributed by atoms with van der Waals surface area (Å²) in [5.41, 5.74) is 0. The summed E-state index contributed by atoms with van der Waals surface area (Å²) in [5, 5.41) is 12.4. The van der Waals surface area contributed by atoms with Crippen LogP contribution in [0.1, 0.15) is 6.92 Å². The third-order valence-corrected chi connectivity index (χ3v) is 2.58. The topological polar surface area (TPSA) is 56.7 Å². The van der Waals surface area contributed by atoms with E-state index in [2.05, 4.69) is 0 Å². The van der Waals surface area contributed by atoms with E-state index in [0.29, 0.717) is 11.1 Å². The van der Waals surface area contributed by atoms with E-state index in [0.717, 1.165) is 0 Å². The Morgan fingerprint density at radius 3 is 2.78 bits per heavy atom. The number of carbonyl (C=O) groups excluding carboxylic acids is 1. The minimum absolute atomic E-state index is 0.315. The molecule has 0 aliphatic carbocycles. The van der Waals surface area contributed by atoms with Gasteiger partial charge >= 0.3 is 0 Å². The molecule has 4 heteroatoms. The van der Waals surface area contributed by atoms with Crippen molar-refractivity contribution in [2.75, 3.05) is 5.75 Å². The number of hydrogen-bond acceptors (Lipinski definition) is 3. The fraction of sp³-hybridized carbons (Fsp3) is 0.800. The number of nitrogens with two attached hydrogens (primary N) is 1. The average molecular weight is 147 g/mol. The molecule has 0 radical (unpaired) electrons. The van der Waals surface area contributed by atoms with Crippen LogP contribution in [-0.4, -0.2) is 23.1 Å². The molecule has 1 aliphatic rings. The van der Waals surface area contributed by atoms with Gasteiger partial charge in [-0.05, 0) is 6.92 Å². The summed E-state index contributed by atoms with van der Waals surface area (Å²) >= 11 is 1.66. The Kier molecular flexibility index (Phi) is 1.97. The smallest absolute Gasteiger partial charge is 0.136 e. The molecule has 0 unspecified atom stereocenters. The van der Waals surface area contributed by atoms with Gasteiger partial charge in [-0.1, -0.05) is 11.8 Å². The van der Waals surface area contributed by atoms with Gasteiger partial charge in [0.25, 0.3) is 0 Å². The fourth-order valence-electron chi connectivity index (χ4n) is 0.840. The Labute approximate surface area is 57.8 Å². The van der Waals surface area contributed by atoms with Crippen molar-refractivity contribution < 1.29 is 15.2 Å². The number of hydrogen-bond donors (Lipinski definition) is 1. The Bertz CT molecular complexity index is 128. The zero-order chi connectivity index (χ0) is 6.85. The molecule has 2 N–H and O–H groups in total. The molecule has 0 amide bonds. The summed E-state index contributed by atoms with van der Waals surface area (Å²) in [6, 6.07) is -0.315. The van der Waals surface area contributed by atoms with Gasteiger partial charge in [0.2, 0.25) is 0 Å². The number of carboxylic acids is 1. The van der Waals surface area contributed by atoms with Gasteiger partial charge in [-0.25, -0.2) is 0 Å². The van der Waals surface area contributed by atoms with Gasteiger partial charge in [0.05, 0.1) is 5.75 Å². The third kappa shape index (κ3) is 1.59. The molecule has 1 heterocycles. The number of carboxylic acid groups (broad SMARTS) is 1. The van der Waals surface area contributed by atoms with Crippen molar-refractivity contribution in [2.24, 2.45) is 0 Å². The van der Waals surface area contributed by atoms with Crippen LogP contribution in [0.4, 0.5) is 0 Å². The molecule has 2 atom stereocenters. The molecular weight excluding hydrogens is 138 g/mol. The molecule has 1 aliphatic heterocycles. The molecule has 52 valence electrons. The van der Waals surface area contributed by atoms with Gasteiger partial charge in [0.1, 0.15) is 17.4 Å². The summed E-state index contributed by atoms with van der Waals surface area (Å²) < 4.78 is 0. The van der Waals surface area contributed by atoms with Crippen molar-refractivity contribution in [1.82, 2.24) is 0 Å². The van der Waals surface area contributed by atoms with Crippen LogP contribution in [0.2, 0.25) is 0 Å². The number of rotatable bonds is 1. The minimum atomic E-state index is -0.938. The maximum absolute atomic E-state index is 10.2. The molecule has 1 fully saturated rings. The highest BCUT2D eigenvalue weighted by Crippen LogP contribution is 2.09. The van der Waals surface area contributed by atoms with E-state index < -0.39 is 5.97 Å². The highest BCUT2D eigenvalue weighted by atomic mass is 32.2. The summed E-state index contributed by atoms with van der Waals surface area (Å²) in [7, 11) is 0. The molecule has 1 saturated heterocycles. The molecule has 0 saturated carbocycles. The van der Waals surface area contributed by atoms with E-state index in [4.69, 9.17) is 0 Å². The second kappa shape index (κ2) is 2.58. The molecule has 0 spiro atoms. The van der Waals surface area contributed by atoms with Gasteiger partial charge < -0.3 is 15.2 Å². The van der Waals surface area contributed by atoms with E-state index in [1.807, 2.05) is 12.2 Å². The van der Waals surface area contributed by atoms with Gasteiger partial charge in [-0.2, -0.15) is 0 Å². The fourth-order valence-corrected chi connectivity index (χ4v) is 1.90. The van der Waals surface area contributed by atoms with Crippen molar-refractivity contribution in [3.05, 3.63) is 0 Å². The monoisotopic (exact) mass is 147 g/mol. The van der Waals surface area contributed by atoms with Gasteiger partial charge in [0.15, 0.2) is 0 Å². The highest BCUT2D eigenvalue weighted by Gasteiger charge is 2.25. The zero-order valence-electron chi connectivity index (χ0n) is 5.16. The molecular formula is C5H9NO2S. The standard InChI is InChI=1S/C5H9NO2S/c1-3-6-4(2-9-3)5(7)8/h3-4,6H,2H2,1H3,(H,7,8)/t3-,4-/m0/s1. The van der Waals surface area contributed by atoms with E-state index in [1.165, 1.54) is 0 Å². The second-order valence-electron chi connectivity index (χ2n) is 2.16. The first-order valence-electron chi connectivity index (χ1n) is 2.87. The predicted octanol–water partition coefficient (Wildman–Crippen LogP) is -2.24. The first-order valence-corrected chi connectivity index (χ1v) is 3.92. The van der Waals surface area contributed by atoms with E-state index in [9.17, 15) is 9.90 Å². The zero-order valence-corrected chi connectivity index (χ0v) is 5.98. The highest BCUT2D eigenvalue weighted by molar-refractivity contribution is 7.99. The Morgan fingerprint density at radius 1 is 1.89 bits per heavy atom. The van der Waals surface area contributed by atoms with Gasteiger partial charge in [-0.3, -0.25) is 0 Å². The summed E-state index contributed by atoms with van der Waals surface area (Å²) in [6.07, 6.45) is 0. The molecule has 0 aromatic heterocycles. The van der Waals surface area contributed by atoms with Crippen LogP contribution in [-0.2, 0) is 4.79 Å². The summed E-state index contributed by atoms with van der Waals surface area (Å²) in [6.45, 7) is 1.99. The third-order valence-electron chi connectivity index (χ3n) is 1.34. The van der Waals surface area contributed by atoms with Crippen molar-refractivity contribution in [2.45, 2.75) is 18.3 Å². The van der Waals surface area contributed by atoms with Crippen LogP contribution in [0, 0.1) is 0 Å². The van der Waals surface area contributed by atoms with Crippen LogP contribution in [0.15, 0.2) is 0 Å². The van der Waals surface area contributed by atoms with Gasteiger partial charge in [0, 0.05) is 0 Å². The molecule has 0 aromatic rings. The number of carbonyl (C=O) groups is 1. The van der Waals surface area contributed by atoms with Crippen LogP contribution < -0.4 is 10.4 Å². The van der Waals surface area contributed by atoms with Crippen molar-refractivity contribution in [3.8, 4) is 0 Å². The summed E-state index contributed by atoms with van der Waals surface area (Å²) in [4.78, 5) is 10.2. The van der Waals surface area contributed by atoms with E-state index >= 15 is 0 Å². The lowest BCUT2D eigenvalue weighted by Crippen LogP contribution is -2.93. The largest absolute Gasteiger partial charge is 0.544 e. The van der Waals surface area contributed by atoms with Crippen LogP contribution in [0.5, 0.6) is 0 Å². The van der Waals surface area contributed by atoms with Crippen molar-refractivity contribution >= 4 is 17.7 Å². The lowest BCUT2D eigenvalue weighted by Gasteiger charge is -2.06. The number of quaternary nitrogens is 1. The van der Waals surface area contributed by atoms with Crippen molar-refractivity contribution in [3.63, 3.8) is 0 Å². The quantitative estimate of drug-likeness (QED) is 0.456. The Balaban J connectivity index is 2.39. The van der Waals surface area contributed by atoms with Gasteiger partial charge in [-0.15, -0.1) is 0 Å². The molecule has 1 rings (SSSR count). The average Bonchev–Trinajstić information content (AvgIpc) is 2.14. The molecule has 3 nitrogen and oxygen atoms in total. The lowest BCUT2D eigenvalue weighted by molar-refractivity contribution is -0.681. The van der Waals surface area contributed by atoms with E-state index in [-0.39, 0.29) is 6.04 Å². The SMILES string of the molecule is C[C@H]1[NH2+][C@H](C(=O)[O-])CS1. The van der Waals surface area contributed by atoms with Crippen molar-refractivity contribution in [1.29, 1.82) is 0 Å². The normalized spacial score (nSPS) is 34.8. The predicted molar refractivity (Wildman–Crippen MR) is 32.6 cm³/mol. The number of thioether (sulfide) groups is 1. The first kappa shape index (κ1) is 6.89. The van der Waals surface area contributed by atoms with Crippen LogP contribution in [0.25, 0.3) is 0 Å². The number of aliphatic carboxylic acids is 1. The minimum Gasteiger partial charge on any atom is -0.544 e. The Morgan fingerprint density at radius 2 is 2.56 bits per heavy atom. The maximum Gasteiger partial charge on any atom is 0.136 e. The second-order valence-corrected chi connectivity index (χ2v) is 3.57. The summed E-state index contributed by atoms with van der Waals surface area (Å²) in [5.74, 6) is -0.254. The van der Waals surface area contributed by atoms with E-state index in [1.54, 1.807) is 11.8 Å². The molecule has 9 heavy (non-hydrogen) atoms. The first-order chi connectivity index (χ1) is 4.20. The lowest BCUT2D eigenvalue weighted by atomic mass is 10.3. The van der Waals surface area contributed by atoms with Crippen LogP contribution >= 0.6 is 11.8 Å². The maximum atomic E-state index is 10.2. The molecule has 0 bridgehead atoms. The van der Waals surface area contributed by atoms with Crippen LogP contribution in [0.3, 0.4) is 0 Å².